The Balaban J connectivity index is 1.84. The van der Waals surface area contributed by atoms with Crippen molar-refractivity contribution in [2.24, 2.45) is 0 Å². The van der Waals surface area contributed by atoms with Crippen LogP contribution < -0.4 is 4.90 Å². The number of benzene rings is 1. The molecule has 0 bridgehead atoms. The monoisotopic (exact) mass is 288 g/mol. The van der Waals surface area contributed by atoms with Gasteiger partial charge in [-0.1, -0.05) is 0 Å². The highest BCUT2D eigenvalue weighted by Crippen LogP contribution is 2.34. The fourth-order valence-corrected chi connectivity index (χ4v) is 3.15. The maximum Gasteiger partial charge on any atom is 0.419 e. The number of hydrogen-bond acceptors (Lipinski definition) is 2. The third-order valence-electron chi connectivity index (χ3n) is 4.21. The van der Waals surface area contributed by atoms with Crippen molar-refractivity contribution in [3.05, 3.63) is 29.6 Å². The lowest BCUT2D eigenvalue weighted by Crippen LogP contribution is -2.50. The van der Waals surface area contributed by atoms with Crippen LogP contribution in [0.25, 0.3) is 0 Å². The lowest BCUT2D eigenvalue weighted by atomic mass is 10.1. The highest BCUT2D eigenvalue weighted by molar-refractivity contribution is 5.50. The summed E-state index contributed by atoms with van der Waals surface area (Å²) in [5, 5.41) is 0. The van der Waals surface area contributed by atoms with E-state index in [9.17, 15) is 17.6 Å². The van der Waals surface area contributed by atoms with Gasteiger partial charge < -0.3 is 4.90 Å². The number of nitrogens with zero attached hydrogens (tertiary/aromatic N) is 2. The molecule has 0 saturated carbocycles. The summed E-state index contributed by atoms with van der Waals surface area (Å²) in [5.74, 6) is -1.21. The Morgan fingerprint density at radius 1 is 1.10 bits per heavy atom. The van der Waals surface area contributed by atoms with Gasteiger partial charge in [0.2, 0.25) is 0 Å². The molecule has 2 nitrogen and oxygen atoms in total. The van der Waals surface area contributed by atoms with Crippen LogP contribution in [0.5, 0.6) is 0 Å². The first-order chi connectivity index (χ1) is 9.45. The minimum absolute atomic E-state index is 0.420. The average molecular weight is 288 g/mol. The molecule has 1 unspecified atom stereocenters. The normalized spacial score (nSPS) is 24.0. The van der Waals surface area contributed by atoms with Crippen molar-refractivity contribution in [2.45, 2.75) is 25.1 Å². The third kappa shape index (κ3) is 2.49. The second-order valence-corrected chi connectivity index (χ2v) is 5.44. The second kappa shape index (κ2) is 4.91. The zero-order valence-electron chi connectivity index (χ0n) is 11.0. The Morgan fingerprint density at radius 3 is 2.65 bits per heavy atom. The Labute approximate surface area is 115 Å². The van der Waals surface area contributed by atoms with Gasteiger partial charge >= 0.3 is 6.18 Å². The molecule has 0 radical (unpaired) electrons. The van der Waals surface area contributed by atoms with Crippen molar-refractivity contribution < 1.29 is 17.6 Å². The molecule has 2 saturated heterocycles. The minimum atomic E-state index is -4.64. The number of anilines is 1. The van der Waals surface area contributed by atoms with Crippen molar-refractivity contribution in [2.75, 3.05) is 31.1 Å². The summed E-state index contributed by atoms with van der Waals surface area (Å²) in [6.07, 6.45) is -2.41. The smallest absolute Gasteiger partial charge is 0.369 e. The van der Waals surface area contributed by atoms with Crippen molar-refractivity contribution in [1.82, 2.24) is 4.90 Å². The lowest BCUT2D eigenvalue weighted by Gasteiger charge is -2.39. The van der Waals surface area contributed by atoms with Crippen LogP contribution in [0, 0.1) is 5.82 Å². The number of alkyl halides is 3. The molecule has 0 N–H and O–H groups in total. The number of rotatable bonds is 1. The average Bonchev–Trinajstić information content (AvgIpc) is 2.85. The molecule has 2 fully saturated rings. The van der Waals surface area contributed by atoms with Crippen LogP contribution in [0.3, 0.4) is 0 Å². The van der Waals surface area contributed by atoms with Crippen LogP contribution in [0.15, 0.2) is 18.2 Å². The molecule has 0 amide bonds. The van der Waals surface area contributed by atoms with E-state index in [4.69, 9.17) is 0 Å². The maximum absolute atomic E-state index is 13.3. The van der Waals surface area contributed by atoms with Crippen molar-refractivity contribution in [3.63, 3.8) is 0 Å². The topological polar surface area (TPSA) is 6.48 Å². The van der Waals surface area contributed by atoms with Gasteiger partial charge in [-0.3, -0.25) is 4.90 Å². The van der Waals surface area contributed by atoms with E-state index < -0.39 is 17.6 Å². The van der Waals surface area contributed by atoms with E-state index in [0.717, 1.165) is 44.6 Å². The minimum Gasteiger partial charge on any atom is -0.369 e. The first-order valence-corrected chi connectivity index (χ1v) is 6.81. The number of hydrogen-bond donors (Lipinski definition) is 0. The van der Waals surface area contributed by atoms with E-state index in [-0.39, 0.29) is 0 Å². The Morgan fingerprint density at radius 2 is 1.90 bits per heavy atom. The quantitative estimate of drug-likeness (QED) is 0.733. The molecule has 2 aliphatic heterocycles. The fourth-order valence-electron chi connectivity index (χ4n) is 3.15. The van der Waals surface area contributed by atoms with E-state index >= 15 is 0 Å². The summed E-state index contributed by atoms with van der Waals surface area (Å²) in [5.41, 5.74) is -0.714. The van der Waals surface area contributed by atoms with Gasteiger partial charge in [0, 0.05) is 31.4 Å². The molecule has 2 heterocycles. The molecule has 1 aromatic carbocycles. The summed E-state index contributed by atoms with van der Waals surface area (Å²) in [6, 6.07) is 3.71. The Hall–Kier alpha value is -1.30. The van der Waals surface area contributed by atoms with E-state index in [1.165, 1.54) is 6.07 Å². The largest absolute Gasteiger partial charge is 0.419 e. The molecule has 2 aliphatic rings. The van der Waals surface area contributed by atoms with E-state index in [2.05, 4.69) is 4.90 Å². The summed E-state index contributed by atoms with van der Waals surface area (Å²) < 4.78 is 51.5. The molecule has 0 spiro atoms. The summed E-state index contributed by atoms with van der Waals surface area (Å²) in [4.78, 5) is 4.31. The van der Waals surface area contributed by atoms with Gasteiger partial charge in [0.15, 0.2) is 0 Å². The zero-order chi connectivity index (χ0) is 14.3. The van der Waals surface area contributed by atoms with E-state index in [1.807, 2.05) is 4.90 Å². The van der Waals surface area contributed by atoms with Gasteiger partial charge in [-0.2, -0.15) is 13.2 Å². The Kier molecular flexibility index (Phi) is 3.36. The highest BCUT2D eigenvalue weighted by Gasteiger charge is 2.36. The highest BCUT2D eigenvalue weighted by atomic mass is 19.4. The SMILES string of the molecule is Fc1ccc(N2CCN3CCCC3C2)cc1C(F)(F)F. The summed E-state index contributed by atoms with van der Waals surface area (Å²) >= 11 is 0. The number of fused-ring (bicyclic) bond motifs is 1. The van der Waals surface area contributed by atoms with Crippen LogP contribution >= 0.6 is 0 Å². The van der Waals surface area contributed by atoms with E-state index in [1.54, 1.807) is 0 Å². The van der Waals surface area contributed by atoms with Crippen LogP contribution in [0.4, 0.5) is 23.2 Å². The maximum atomic E-state index is 13.3. The van der Waals surface area contributed by atoms with E-state index in [0.29, 0.717) is 18.3 Å². The van der Waals surface area contributed by atoms with Gasteiger partial charge in [0.25, 0.3) is 0 Å². The molecule has 1 atom stereocenters. The molecule has 0 aromatic heterocycles. The van der Waals surface area contributed by atoms with Crippen molar-refractivity contribution in [1.29, 1.82) is 0 Å². The van der Waals surface area contributed by atoms with Crippen molar-refractivity contribution >= 4 is 5.69 Å². The number of piperazine rings is 1. The zero-order valence-corrected chi connectivity index (χ0v) is 11.0. The lowest BCUT2D eigenvalue weighted by molar-refractivity contribution is -0.139. The molecule has 3 rings (SSSR count). The van der Waals surface area contributed by atoms with Crippen molar-refractivity contribution in [3.8, 4) is 0 Å². The molecular formula is C14H16F4N2. The van der Waals surface area contributed by atoms with Crippen LogP contribution in [-0.2, 0) is 6.18 Å². The van der Waals surface area contributed by atoms with Gasteiger partial charge in [0.1, 0.15) is 5.82 Å². The third-order valence-corrected chi connectivity index (χ3v) is 4.21. The summed E-state index contributed by atoms with van der Waals surface area (Å²) in [7, 11) is 0. The summed E-state index contributed by atoms with van der Waals surface area (Å²) in [6.45, 7) is 3.36. The van der Waals surface area contributed by atoms with Gasteiger partial charge in [-0.05, 0) is 37.6 Å². The molecule has 0 aliphatic carbocycles. The molecule has 1 aromatic rings. The predicted octanol–water partition coefficient (Wildman–Crippen LogP) is 3.13. The molecule has 20 heavy (non-hydrogen) atoms. The van der Waals surface area contributed by atoms with Crippen LogP contribution in [0.2, 0.25) is 0 Å². The standard InChI is InChI=1S/C14H16F4N2/c15-13-4-3-10(8-12(13)14(16,17)18)20-7-6-19-5-1-2-11(19)9-20/h3-4,8,11H,1-2,5-7,9H2. The van der Waals surface area contributed by atoms with Crippen LogP contribution in [0.1, 0.15) is 18.4 Å². The van der Waals surface area contributed by atoms with Gasteiger partial charge in [-0.15, -0.1) is 0 Å². The van der Waals surface area contributed by atoms with Gasteiger partial charge in [0.05, 0.1) is 5.56 Å². The molecule has 110 valence electrons. The first kappa shape index (κ1) is 13.7. The van der Waals surface area contributed by atoms with Gasteiger partial charge in [-0.25, -0.2) is 4.39 Å². The molecular weight excluding hydrogens is 272 g/mol. The molecule has 6 heteroatoms. The fraction of sp³-hybridized carbons (Fsp3) is 0.571. The Bertz CT molecular complexity index is 500. The predicted molar refractivity (Wildman–Crippen MR) is 68.2 cm³/mol. The second-order valence-electron chi connectivity index (χ2n) is 5.44. The van der Waals surface area contributed by atoms with Crippen LogP contribution in [-0.4, -0.2) is 37.1 Å². The first-order valence-electron chi connectivity index (χ1n) is 6.81. The number of halogens is 4.